The van der Waals surface area contributed by atoms with Crippen molar-refractivity contribution in [3.8, 4) is 11.5 Å². The molecule has 0 aliphatic rings. The summed E-state index contributed by atoms with van der Waals surface area (Å²) < 4.78 is 15.5. The average molecular weight is 628 g/mol. The lowest BCUT2D eigenvalue weighted by molar-refractivity contribution is 0.313. The minimum absolute atomic E-state index is 0.206. The van der Waals surface area contributed by atoms with Gasteiger partial charge in [-0.3, -0.25) is 0 Å². The summed E-state index contributed by atoms with van der Waals surface area (Å²) in [6.07, 6.45) is 1.95. The molecular weight excluding hydrogens is 604 g/mol. The molecule has 6 heteroatoms. The Hall–Kier alpha value is -0.0400. The summed E-state index contributed by atoms with van der Waals surface area (Å²) in [4.78, 5) is 0. The van der Waals surface area contributed by atoms with E-state index in [1.807, 2.05) is 0 Å². The molecule has 0 amide bonds. The lowest BCUT2D eigenvalue weighted by Crippen LogP contribution is -2.19. The van der Waals surface area contributed by atoms with Crippen molar-refractivity contribution in [1.29, 1.82) is 0 Å². The molecule has 0 radical (unpaired) electrons. The number of halogens is 4. The van der Waals surface area contributed by atoms with Crippen LogP contribution in [0.25, 0.3) is 0 Å². The zero-order chi connectivity index (χ0) is 20.2. The van der Waals surface area contributed by atoms with Crippen molar-refractivity contribution >= 4 is 63.7 Å². The van der Waals surface area contributed by atoms with Crippen LogP contribution >= 0.6 is 63.7 Å². The van der Waals surface area contributed by atoms with Gasteiger partial charge in [-0.05, 0) is 112 Å². The molecule has 0 aromatic heterocycles. The fraction of sp³-hybridized carbons (Fsp3) is 0.429. The molecule has 0 unspecified atom stereocenters. The SMILES string of the molecule is CCCOc1c(Br)cc(C(C)(C)c2cc(Br)c(OCCC)c(Br)c2)cc1Br. The van der Waals surface area contributed by atoms with Gasteiger partial charge in [-0.1, -0.05) is 27.7 Å². The summed E-state index contributed by atoms with van der Waals surface area (Å²) in [6.45, 7) is 10.0. The molecule has 2 aromatic carbocycles. The number of rotatable bonds is 8. The maximum absolute atomic E-state index is 5.86. The Morgan fingerprint density at radius 1 is 0.667 bits per heavy atom. The van der Waals surface area contributed by atoms with Gasteiger partial charge >= 0.3 is 0 Å². The maximum atomic E-state index is 5.86. The number of hydrogen-bond acceptors (Lipinski definition) is 2. The monoisotopic (exact) mass is 624 g/mol. The van der Waals surface area contributed by atoms with Crippen molar-refractivity contribution in [3.63, 3.8) is 0 Å². The van der Waals surface area contributed by atoms with Gasteiger partial charge in [0, 0.05) is 5.41 Å². The van der Waals surface area contributed by atoms with Crippen LogP contribution < -0.4 is 9.47 Å². The quantitative estimate of drug-likeness (QED) is 0.292. The molecule has 0 N–H and O–H groups in total. The molecular formula is C21H24Br4O2. The van der Waals surface area contributed by atoms with Gasteiger partial charge in [0.15, 0.2) is 0 Å². The standard InChI is InChI=1S/C21H24Br4O2/c1-5-7-26-19-15(22)9-13(10-16(19)23)21(3,4)14-11-17(24)20(18(25)12-14)27-8-6-2/h9-12H,5-8H2,1-4H3. The van der Waals surface area contributed by atoms with Gasteiger partial charge in [0.25, 0.3) is 0 Å². The van der Waals surface area contributed by atoms with Gasteiger partial charge < -0.3 is 9.47 Å². The van der Waals surface area contributed by atoms with E-state index in [-0.39, 0.29) is 5.41 Å². The third kappa shape index (κ3) is 5.52. The topological polar surface area (TPSA) is 18.5 Å². The minimum atomic E-state index is -0.206. The lowest BCUT2D eigenvalue weighted by atomic mass is 9.78. The average Bonchev–Trinajstić information content (AvgIpc) is 2.60. The Morgan fingerprint density at radius 3 is 1.22 bits per heavy atom. The van der Waals surface area contributed by atoms with Crippen molar-refractivity contribution in [1.82, 2.24) is 0 Å². The first-order valence-corrected chi connectivity index (χ1v) is 12.1. The molecule has 2 aromatic rings. The Kier molecular flexibility index (Phi) is 8.72. The molecule has 0 saturated carbocycles. The highest BCUT2D eigenvalue weighted by Crippen LogP contribution is 2.44. The Balaban J connectivity index is 2.43. The predicted molar refractivity (Wildman–Crippen MR) is 127 cm³/mol. The Bertz CT molecular complexity index is 691. The van der Waals surface area contributed by atoms with E-state index in [4.69, 9.17) is 9.47 Å². The van der Waals surface area contributed by atoms with Crippen LogP contribution in [0.1, 0.15) is 51.7 Å². The largest absolute Gasteiger partial charge is 0.491 e. The third-order valence-corrected chi connectivity index (χ3v) is 6.70. The molecule has 0 fully saturated rings. The van der Waals surface area contributed by atoms with Crippen LogP contribution in [-0.4, -0.2) is 13.2 Å². The third-order valence-electron chi connectivity index (χ3n) is 4.34. The smallest absolute Gasteiger partial charge is 0.147 e. The zero-order valence-corrected chi connectivity index (χ0v) is 22.3. The number of benzene rings is 2. The summed E-state index contributed by atoms with van der Waals surface area (Å²) >= 11 is 14.7. The maximum Gasteiger partial charge on any atom is 0.147 e. The predicted octanol–water partition coefficient (Wildman–Crippen LogP) is 8.64. The van der Waals surface area contributed by atoms with E-state index in [0.29, 0.717) is 13.2 Å². The zero-order valence-electron chi connectivity index (χ0n) is 16.0. The highest BCUT2D eigenvalue weighted by Gasteiger charge is 2.27. The molecule has 0 aliphatic carbocycles. The molecule has 0 bridgehead atoms. The number of ether oxygens (including phenoxy) is 2. The van der Waals surface area contributed by atoms with E-state index in [1.54, 1.807) is 0 Å². The van der Waals surface area contributed by atoms with E-state index in [9.17, 15) is 0 Å². The molecule has 0 saturated heterocycles. The van der Waals surface area contributed by atoms with Crippen molar-refractivity contribution in [2.45, 2.75) is 46.0 Å². The molecule has 0 atom stereocenters. The van der Waals surface area contributed by atoms with Crippen LogP contribution in [0.5, 0.6) is 11.5 Å². The van der Waals surface area contributed by atoms with Crippen molar-refractivity contribution in [3.05, 3.63) is 53.3 Å². The summed E-state index contributed by atoms with van der Waals surface area (Å²) in [5.74, 6) is 1.70. The van der Waals surface area contributed by atoms with Gasteiger partial charge in [0.05, 0.1) is 31.1 Å². The van der Waals surface area contributed by atoms with Gasteiger partial charge in [-0.2, -0.15) is 0 Å². The van der Waals surface area contributed by atoms with E-state index in [0.717, 1.165) is 42.2 Å². The molecule has 148 valence electrons. The molecule has 2 rings (SSSR count). The minimum Gasteiger partial charge on any atom is -0.491 e. The van der Waals surface area contributed by atoms with Crippen molar-refractivity contribution < 1.29 is 9.47 Å². The summed E-state index contributed by atoms with van der Waals surface area (Å²) in [5.41, 5.74) is 2.17. The van der Waals surface area contributed by atoms with Gasteiger partial charge in [-0.25, -0.2) is 0 Å². The Morgan fingerprint density at radius 2 is 0.963 bits per heavy atom. The van der Waals surface area contributed by atoms with Crippen LogP contribution in [0, 0.1) is 0 Å². The van der Waals surface area contributed by atoms with E-state index in [1.165, 1.54) is 11.1 Å². The first-order valence-electron chi connectivity index (χ1n) is 8.97. The van der Waals surface area contributed by atoms with E-state index in [2.05, 4.69) is 116 Å². The molecule has 0 aliphatic heterocycles. The summed E-state index contributed by atoms with van der Waals surface area (Å²) in [6, 6.07) is 8.55. The lowest BCUT2D eigenvalue weighted by Gasteiger charge is -2.28. The van der Waals surface area contributed by atoms with Gasteiger partial charge in [-0.15, -0.1) is 0 Å². The fourth-order valence-electron chi connectivity index (χ4n) is 2.69. The number of hydrogen-bond donors (Lipinski definition) is 0. The fourth-order valence-corrected chi connectivity index (χ4v) is 5.52. The second-order valence-electron chi connectivity index (χ2n) is 6.86. The molecule has 0 heterocycles. The first kappa shape index (κ1) is 23.2. The van der Waals surface area contributed by atoms with Crippen LogP contribution in [0.3, 0.4) is 0 Å². The van der Waals surface area contributed by atoms with E-state index < -0.39 is 0 Å². The van der Waals surface area contributed by atoms with Gasteiger partial charge in [0.2, 0.25) is 0 Å². The second-order valence-corrected chi connectivity index (χ2v) is 10.3. The van der Waals surface area contributed by atoms with Crippen molar-refractivity contribution in [2.75, 3.05) is 13.2 Å². The highest BCUT2D eigenvalue weighted by molar-refractivity contribution is 9.11. The van der Waals surface area contributed by atoms with Crippen LogP contribution in [0.2, 0.25) is 0 Å². The van der Waals surface area contributed by atoms with Crippen LogP contribution in [0.4, 0.5) is 0 Å². The van der Waals surface area contributed by atoms with Crippen molar-refractivity contribution in [2.24, 2.45) is 0 Å². The Labute approximate surface area is 195 Å². The van der Waals surface area contributed by atoms with Gasteiger partial charge in [0.1, 0.15) is 11.5 Å². The van der Waals surface area contributed by atoms with E-state index >= 15 is 0 Å². The summed E-state index contributed by atoms with van der Waals surface area (Å²) in [5, 5.41) is 0. The highest BCUT2D eigenvalue weighted by atomic mass is 79.9. The van der Waals surface area contributed by atoms with Crippen LogP contribution in [-0.2, 0) is 5.41 Å². The second kappa shape index (κ2) is 10.1. The summed E-state index contributed by atoms with van der Waals surface area (Å²) in [7, 11) is 0. The molecule has 27 heavy (non-hydrogen) atoms. The van der Waals surface area contributed by atoms with Crippen LogP contribution in [0.15, 0.2) is 42.2 Å². The normalized spacial score (nSPS) is 11.6. The molecule has 0 spiro atoms. The first-order chi connectivity index (χ1) is 12.7. The molecule has 2 nitrogen and oxygen atoms in total.